The Balaban J connectivity index is 2.40. The Bertz CT molecular complexity index is 204. The van der Waals surface area contributed by atoms with Gasteiger partial charge in [-0.1, -0.05) is 13.8 Å². The standard InChI is InChI=1S/C12H27N3O/c1-4-15(5-2)11-6-7-14(8-11)9-12(3,13)10-16/h11,16H,4-10,13H2,1-3H3. The number of nitrogens with two attached hydrogens (primary N) is 1. The van der Waals surface area contributed by atoms with Gasteiger partial charge in [-0.3, -0.25) is 9.80 Å². The summed E-state index contributed by atoms with van der Waals surface area (Å²) in [4.78, 5) is 4.88. The van der Waals surface area contributed by atoms with E-state index in [4.69, 9.17) is 10.8 Å². The predicted molar refractivity (Wildman–Crippen MR) is 67.4 cm³/mol. The first kappa shape index (κ1) is 13.9. The molecular formula is C12H27N3O. The Morgan fingerprint density at radius 3 is 2.56 bits per heavy atom. The van der Waals surface area contributed by atoms with Crippen LogP contribution in [0, 0.1) is 0 Å². The molecule has 1 rings (SSSR count). The zero-order chi connectivity index (χ0) is 12.2. The van der Waals surface area contributed by atoms with Crippen molar-refractivity contribution in [3.8, 4) is 0 Å². The first-order chi connectivity index (χ1) is 7.52. The molecule has 1 saturated heterocycles. The van der Waals surface area contributed by atoms with Crippen molar-refractivity contribution in [3.63, 3.8) is 0 Å². The molecule has 1 heterocycles. The van der Waals surface area contributed by atoms with E-state index in [0.29, 0.717) is 6.04 Å². The van der Waals surface area contributed by atoms with E-state index in [1.165, 1.54) is 6.42 Å². The molecule has 4 heteroatoms. The molecule has 0 aromatic heterocycles. The van der Waals surface area contributed by atoms with E-state index < -0.39 is 5.54 Å². The van der Waals surface area contributed by atoms with Crippen LogP contribution in [0.1, 0.15) is 27.2 Å². The van der Waals surface area contributed by atoms with Gasteiger partial charge in [0, 0.05) is 24.7 Å². The molecule has 0 aromatic carbocycles. The summed E-state index contributed by atoms with van der Waals surface area (Å²) in [6.45, 7) is 11.6. The first-order valence-electron chi connectivity index (χ1n) is 6.38. The van der Waals surface area contributed by atoms with Gasteiger partial charge in [-0.05, 0) is 33.0 Å². The fraction of sp³-hybridized carbons (Fsp3) is 1.00. The second-order valence-corrected chi connectivity index (χ2v) is 5.21. The van der Waals surface area contributed by atoms with Crippen LogP contribution in [0.2, 0.25) is 0 Å². The number of likely N-dealkylation sites (tertiary alicyclic amines) is 1. The van der Waals surface area contributed by atoms with Gasteiger partial charge in [-0.15, -0.1) is 0 Å². The van der Waals surface area contributed by atoms with Crippen molar-refractivity contribution in [1.29, 1.82) is 0 Å². The minimum atomic E-state index is -0.460. The van der Waals surface area contributed by atoms with Crippen molar-refractivity contribution in [2.45, 2.75) is 38.8 Å². The third kappa shape index (κ3) is 3.70. The van der Waals surface area contributed by atoms with E-state index >= 15 is 0 Å². The van der Waals surface area contributed by atoms with Crippen LogP contribution in [0.15, 0.2) is 0 Å². The maximum absolute atomic E-state index is 9.16. The molecule has 2 atom stereocenters. The molecule has 16 heavy (non-hydrogen) atoms. The molecule has 2 unspecified atom stereocenters. The van der Waals surface area contributed by atoms with E-state index in [9.17, 15) is 0 Å². The number of aliphatic hydroxyl groups is 1. The quantitative estimate of drug-likeness (QED) is 0.679. The van der Waals surface area contributed by atoms with E-state index in [1.807, 2.05) is 6.92 Å². The molecule has 1 fully saturated rings. The van der Waals surface area contributed by atoms with Crippen molar-refractivity contribution < 1.29 is 5.11 Å². The predicted octanol–water partition coefficient (Wildman–Crippen LogP) is 0.112. The lowest BCUT2D eigenvalue weighted by Crippen LogP contribution is -2.50. The molecule has 0 aliphatic carbocycles. The summed E-state index contributed by atoms with van der Waals surface area (Å²) in [5.41, 5.74) is 5.52. The second kappa shape index (κ2) is 5.96. The van der Waals surface area contributed by atoms with Crippen LogP contribution in [0.25, 0.3) is 0 Å². The summed E-state index contributed by atoms with van der Waals surface area (Å²) in [5, 5.41) is 9.16. The second-order valence-electron chi connectivity index (χ2n) is 5.21. The maximum atomic E-state index is 9.16. The normalized spacial score (nSPS) is 26.2. The summed E-state index contributed by atoms with van der Waals surface area (Å²) < 4.78 is 0. The van der Waals surface area contributed by atoms with Crippen molar-refractivity contribution in [3.05, 3.63) is 0 Å². The highest BCUT2D eigenvalue weighted by Crippen LogP contribution is 2.17. The first-order valence-corrected chi connectivity index (χ1v) is 6.38. The lowest BCUT2D eigenvalue weighted by Gasteiger charge is -2.30. The van der Waals surface area contributed by atoms with Gasteiger partial charge in [0.2, 0.25) is 0 Å². The average molecular weight is 229 g/mol. The Morgan fingerprint density at radius 2 is 2.06 bits per heavy atom. The Kier molecular flexibility index (Phi) is 5.18. The van der Waals surface area contributed by atoms with Gasteiger partial charge >= 0.3 is 0 Å². The minimum absolute atomic E-state index is 0.0550. The average Bonchev–Trinajstić information content (AvgIpc) is 2.68. The van der Waals surface area contributed by atoms with Crippen LogP contribution in [0.4, 0.5) is 0 Å². The summed E-state index contributed by atoms with van der Waals surface area (Å²) in [7, 11) is 0. The fourth-order valence-electron chi connectivity index (χ4n) is 2.55. The van der Waals surface area contributed by atoms with Crippen molar-refractivity contribution in [1.82, 2.24) is 9.80 Å². The molecule has 3 N–H and O–H groups in total. The van der Waals surface area contributed by atoms with Crippen LogP contribution in [0.3, 0.4) is 0 Å². The van der Waals surface area contributed by atoms with Crippen molar-refractivity contribution >= 4 is 0 Å². The summed E-state index contributed by atoms with van der Waals surface area (Å²) in [6.07, 6.45) is 1.23. The van der Waals surface area contributed by atoms with E-state index in [2.05, 4.69) is 23.6 Å². The maximum Gasteiger partial charge on any atom is 0.0621 e. The third-order valence-corrected chi connectivity index (χ3v) is 3.52. The largest absolute Gasteiger partial charge is 0.394 e. The van der Waals surface area contributed by atoms with Crippen LogP contribution in [0.5, 0.6) is 0 Å². The van der Waals surface area contributed by atoms with Gasteiger partial charge in [0.05, 0.1) is 6.61 Å². The van der Waals surface area contributed by atoms with Gasteiger partial charge < -0.3 is 10.8 Å². The number of hydrogen-bond acceptors (Lipinski definition) is 4. The Morgan fingerprint density at radius 1 is 1.44 bits per heavy atom. The zero-order valence-corrected chi connectivity index (χ0v) is 10.9. The van der Waals surface area contributed by atoms with Gasteiger partial charge in [-0.25, -0.2) is 0 Å². The highest BCUT2D eigenvalue weighted by molar-refractivity contribution is 4.88. The third-order valence-electron chi connectivity index (χ3n) is 3.52. The molecule has 0 aromatic rings. The summed E-state index contributed by atoms with van der Waals surface area (Å²) in [5.74, 6) is 0. The Hall–Kier alpha value is -0.160. The topological polar surface area (TPSA) is 52.7 Å². The Labute approximate surface area is 99.4 Å². The molecule has 0 radical (unpaired) electrons. The number of nitrogens with zero attached hydrogens (tertiary/aromatic N) is 2. The molecule has 0 bridgehead atoms. The minimum Gasteiger partial charge on any atom is -0.394 e. The van der Waals surface area contributed by atoms with Crippen LogP contribution in [-0.4, -0.2) is 65.8 Å². The SMILES string of the molecule is CCN(CC)C1CCN(CC(C)(N)CO)C1. The smallest absolute Gasteiger partial charge is 0.0621 e. The molecule has 4 nitrogen and oxygen atoms in total. The molecule has 96 valence electrons. The number of likely N-dealkylation sites (N-methyl/N-ethyl adjacent to an activating group) is 1. The van der Waals surface area contributed by atoms with Gasteiger partial charge in [0.1, 0.15) is 0 Å². The van der Waals surface area contributed by atoms with E-state index in [0.717, 1.165) is 32.7 Å². The van der Waals surface area contributed by atoms with Crippen molar-refractivity contribution in [2.75, 3.05) is 39.3 Å². The van der Waals surface area contributed by atoms with Crippen molar-refractivity contribution in [2.24, 2.45) is 5.73 Å². The van der Waals surface area contributed by atoms with E-state index in [1.54, 1.807) is 0 Å². The molecular weight excluding hydrogens is 202 g/mol. The molecule has 1 aliphatic rings. The molecule has 1 aliphatic heterocycles. The lowest BCUT2D eigenvalue weighted by molar-refractivity contribution is 0.152. The highest BCUT2D eigenvalue weighted by atomic mass is 16.3. The molecule has 0 spiro atoms. The molecule has 0 saturated carbocycles. The highest BCUT2D eigenvalue weighted by Gasteiger charge is 2.30. The van der Waals surface area contributed by atoms with Gasteiger partial charge in [-0.2, -0.15) is 0 Å². The fourth-order valence-corrected chi connectivity index (χ4v) is 2.55. The van der Waals surface area contributed by atoms with Gasteiger partial charge in [0.15, 0.2) is 0 Å². The summed E-state index contributed by atoms with van der Waals surface area (Å²) in [6, 6.07) is 0.671. The number of aliphatic hydroxyl groups excluding tert-OH is 1. The number of rotatable bonds is 6. The van der Waals surface area contributed by atoms with Gasteiger partial charge in [0.25, 0.3) is 0 Å². The number of hydrogen-bond donors (Lipinski definition) is 2. The van der Waals surface area contributed by atoms with Crippen LogP contribution in [-0.2, 0) is 0 Å². The molecule has 0 amide bonds. The van der Waals surface area contributed by atoms with E-state index in [-0.39, 0.29) is 6.61 Å². The lowest BCUT2D eigenvalue weighted by atomic mass is 10.1. The summed E-state index contributed by atoms with van der Waals surface area (Å²) >= 11 is 0. The monoisotopic (exact) mass is 229 g/mol. The zero-order valence-electron chi connectivity index (χ0n) is 10.9. The van der Waals surface area contributed by atoms with Crippen LogP contribution < -0.4 is 5.73 Å². The van der Waals surface area contributed by atoms with Crippen LogP contribution >= 0.6 is 0 Å².